The van der Waals surface area contributed by atoms with Crippen molar-refractivity contribution < 1.29 is 9.90 Å². The van der Waals surface area contributed by atoms with Crippen molar-refractivity contribution in [2.24, 2.45) is 0 Å². The normalized spacial score (nSPS) is 16.8. The summed E-state index contributed by atoms with van der Waals surface area (Å²) in [5.41, 5.74) is 7.08. The third kappa shape index (κ3) is 5.38. The summed E-state index contributed by atoms with van der Waals surface area (Å²) in [4.78, 5) is 19.8. The van der Waals surface area contributed by atoms with Crippen molar-refractivity contribution in [1.82, 2.24) is 19.8 Å². The van der Waals surface area contributed by atoms with E-state index in [-0.39, 0.29) is 23.7 Å². The van der Waals surface area contributed by atoms with Crippen LogP contribution in [0, 0.1) is 13.8 Å². The summed E-state index contributed by atoms with van der Waals surface area (Å²) in [6, 6.07) is 22.8. The van der Waals surface area contributed by atoms with Crippen LogP contribution in [-0.2, 0) is 11.2 Å². The van der Waals surface area contributed by atoms with Gasteiger partial charge in [-0.25, -0.2) is 0 Å². The van der Waals surface area contributed by atoms with Gasteiger partial charge in [0.2, 0.25) is 5.91 Å². The van der Waals surface area contributed by atoms with E-state index < -0.39 is 0 Å². The molecule has 1 aliphatic rings. The van der Waals surface area contributed by atoms with Gasteiger partial charge in [0.05, 0.1) is 17.8 Å². The van der Waals surface area contributed by atoms with E-state index in [1.807, 2.05) is 54.6 Å². The van der Waals surface area contributed by atoms with Gasteiger partial charge in [-0.2, -0.15) is 0 Å². The molecule has 2 aromatic carbocycles. The van der Waals surface area contributed by atoms with E-state index in [4.69, 9.17) is 12.2 Å². The van der Waals surface area contributed by atoms with Crippen molar-refractivity contribution in [3.63, 3.8) is 0 Å². The van der Waals surface area contributed by atoms with Crippen LogP contribution in [0.4, 0.5) is 5.69 Å². The van der Waals surface area contributed by atoms with Crippen LogP contribution in [0.2, 0.25) is 0 Å². The summed E-state index contributed by atoms with van der Waals surface area (Å²) in [7, 11) is 0. The molecule has 0 saturated carbocycles. The number of carbonyl (C=O) groups is 1. The molecular weight excluding hydrogens is 506 g/mol. The van der Waals surface area contributed by atoms with Crippen molar-refractivity contribution in [3.05, 3.63) is 107 Å². The highest BCUT2D eigenvalue weighted by Gasteiger charge is 2.41. The van der Waals surface area contributed by atoms with Crippen molar-refractivity contribution in [3.8, 4) is 11.4 Å². The number of aromatic hydroxyl groups is 1. The second-order valence-corrected chi connectivity index (χ2v) is 10.2. The van der Waals surface area contributed by atoms with Gasteiger partial charge >= 0.3 is 0 Å². The van der Waals surface area contributed by atoms with Gasteiger partial charge in [0, 0.05) is 41.9 Å². The third-order valence-electron chi connectivity index (χ3n) is 7.35. The molecule has 1 aliphatic heterocycles. The summed E-state index contributed by atoms with van der Waals surface area (Å²) >= 11 is 5.83. The van der Waals surface area contributed by atoms with Gasteiger partial charge in [-0.1, -0.05) is 31.2 Å². The minimum Gasteiger partial charge on any atom is -0.508 e. The maximum absolute atomic E-state index is 13.0. The number of anilines is 1. The molecule has 0 spiro atoms. The zero-order chi connectivity index (χ0) is 27.5. The molecule has 2 aromatic heterocycles. The first kappa shape index (κ1) is 26.4. The molecule has 0 unspecified atom stereocenters. The van der Waals surface area contributed by atoms with Gasteiger partial charge in [0.25, 0.3) is 0 Å². The average Bonchev–Trinajstić information content (AvgIpc) is 3.43. The number of thiocarbonyl (C=S) groups is 1. The highest BCUT2D eigenvalue weighted by Crippen LogP contribution is 2.41. The topological polar surface area (TPSA) is 82.4 Å². The standard InChI is InChI=1S/C31H33N5O2S/c1-4-22-9-5-6-10-26(22)33-28(38)16-18-35-30(29(34-31(35)39)27-11-7-8-17-32-27)25-19-20(2)36(21(25)3)23-12-14-24(37)15-13-23/h5-15,17,19,29-30,37H,4,16,18H2,1-3H3,(H,33,38)(H,34,39)/t29-,30+/m0/s1. The van der Waals surface area contributed by atoms with Crippen LogP contribution in [0.15, 0.2) is 79.0 Å². The molecule has 1 saturated heterocycles. The number of phenols is 1. The Hall–Kier alpha value is -4.17. The molecule has 7 nitrogen and oxygen atoms in total. The molecule has 1 fully saturated rings. The average molecular weight is 540 g/mol. The number of benzene rings is 2. The Morgan fingerprint density at radius 3 is 2.54 bits per heavy atom. The van der Waals surface area contributed by atoms with Crippen LogP contribution in [0.3, 0.4) is 0 Å². The second kappa shape index (κ2) is 11.3. The van der Waals surface area contributed by atoms with Crippen molar-refractivity contribution in [2.45, 2.75) is 45.7 Å². The van der Waals surface area contributed by atoms with E-state index >= 15 is 0 Å². The highest BCUT2D eigenvalue weighted by atomic mass is 32.1. The molecule has 0 bridgehead atoms. The van der Waals surface area contributed by atoms with E-state index in [2.05, 4.69) is 51.9 Å². The highest BCUT2D eigenvalue weighted by molar-refractivity contribution is 7.80. The van der Waals surface area contributed by atoms with Crippen LogP contribution >= 0.6 is 12.2 Å². The Morgan fingerprint density at radius 1 is 1.08 bits per heavy atom. The summed E-state index contributed by atoms with van der Waals surface area (Å²) in [6.45, 7) is 6.71. The predicted octanol–water partition coefficient (Wildman–Crippen LogP) is 5.76. The van der Waals surface area contributed by atoms with Crippen molar-refractivity contribution in [2.75, 3.05) is 11.9 Å². The van der Waals surface area contributed by atoms with E-state index in [1.54, 1.807) is 18.3 Å². The first-order valence-electron chi connectivity index (χ1n) is 13.2. The van der Waals surface area contributed by atoms with Gasteiger partial charge in [0.1, 0.15) is 5.75 Å². The fourth-order valence-electron chi connectivity index (χ4n) is 5.46. The number of nitrogens with one attached hydrogen (secondary N) is 2. The van der Waals surface area contributed by atoms with Gasteiger partial charge in [-0.05, 0) is 92.1 Å². The summed E-state index contributed by atoms with van der Waals surface area (Å²) in [5.74, 6) is 0.182. The molecule has 0 aliphatic carbocycles. The third-order valence-corrected chi connectivity index (χ3v) is 7.70. The van der Waals surface area contributed by atoms with Crippen LogP contribution in [0.5, 0.6) is 5.75 Å². The van der Waals surface area contributed by atoms with E-state index in [9.17, 15) is 9.90 Å². The number of pyridine rings is 1. The molecule has 8 heteroatoms. The fraction of sp³-hybridized carbons (Fsp3) is 0.258. The number of carbonyl (C=O) groups excluding carboxylic acids is 1. The van der Waals surface area contributed by atoms with Gasteiger partial charge in [0.15, 0.2) is 5.11 Å². The number of aryl methyl sites for hydroxylation is 2. The number of hydrogen-bond acceptors (Lipinski definition) is 4. The second-order valence-electron chi connectivity index (χ2n) is 9.81. The molecule has 5 rings (SSSR count). The van der Waals surface area contributed by atoms with Crippen LogP contribution in [-0.4, -0.2) is 37.1 Å². The Morgan fingerprint density at radius 2 is 1.82 bits per heavy atom. The van der Waals surface area contributed by atoms with Crippen LogP contribution in [0.1, 0.15) is 53.6 Å². The van der Waals surface area contributed by atoms with E-state index in [0.29, 0.717) is 18.1 Å². The Kier molecular flexibility index (Phi) is 7.65. The quantitative estimate of drug-likeness (QED) is 0.247. The van der Waals surface area contributed by atoms with Gasteiger partial charge in [-0.15, -0.1) is 0 Å². The van der Waals surface area contributed by atoms with E-state index in [1.165, 1.54) is 0 Å². The largest absolute Gasteiger partial charge is 0.508 e. The summed E-state index contributed by atoms with van der Waals surface area (Å²) < 4.78 is 2.18. The SMILES string of the molecule is CCc1ccccc1NC(=O)CCN1C(=S)N[C@@H](c2ccccn2)[C@H]1c1cc(C)n(-c2ccc(O)cc2)c1C. The van der Waals surface area contributed by atoms with Crippen LogP contribution in [0.25, 0.3) is 5.69 Å². The zero-order valence-electron chi connectivity index (χ0n) is 22.4. The lowest BCUT2D eigenvalue weighted by atomic mass is 9.96. The molecule has 3 N–H and O–H groups in total. The van der Waals surface area contributed by atoms with Crippen molar-refractivity contribution >= 4 is 28.9 Å². The Balaban J connectivity index is 1.46. The first-order valence-corrected chi connectivity index (χ1v) is 13.6. The number of amides is 1. The molecular formula is C31H33N5O2S. The Labute approximate surface area is 234 Å². The molecule has 4 aromatic rings. The Bertz CT molecular complexity index is 1480. The maximum atomic E-state index is 13.0. The zero-order valence-corrected chi connectivity index (χ0v) is 23.2. The van der Waals surface area contributed by atoms with Gasteiger partial charge in [-0.3, -0.25) is 9.78 Å². The lowest BCUT2D eigenvalue weighted by Crippen LogP contribution is -2.33. The molecule has 2 atom stereocenters. The fourth-order valence-corrected chi connectivity index (χ4v) is 5.79. The molecule has 3 heterocycles. The van der Waals surface area contributed by atoms with Crippen LogP contribution < -0.4 is 10.6 Å². The minimum absolute atomic E-state index is 0.0479. The minimum atomic E-state index is -0.170. The van der Waals surface area contributed by atoms with Crippen molar-refractivity contribution in [1.29, 1.82) is 0 Å². The monoisotopic (exact) mass is 539 g/mol. The number of aromatic nitrogens is 2. The lowest BCUT2D eigenvalue weighted by Gasteiger charge is -2.28. The molecule has 0 radical (unpaired) electrons. The lowest BCUT2D eigenvalue weighted by molar-refractivity contribution is -0.116. The first-order chi connectivity index (χ1) is 18.9. The predicted molar refractivity (Wildman–Crippen MR) is 158 cm³/mol. The molecule has 39 heavy (non-hydrogen) atoms. The maximum Gasteiger partial charge on any atom is 0.226 e. The van der Waals surface area contributed by atoms with Gasteiger partial charge < -0.3 is 25.2 Å². The summed E-state index contributed by atoms with van der Waals surface area (Å²) in [6.07, 6.45) is 2.93. The van der Waals surface area contributed by atoms with E-state index in [0.717, 1.165) is 46.0 Å². The number of phenolic OH excluding ortho intramolecular Hbond substituents is 1. The number of hydrogen-bond donors (Lipinski definition) is 3. The molecule has 200 valence electrons. The molecule has 1 amide bonds. The number of nitrogens with zero attached hydrogens (tertiary/aromatic N) is 3. The number of para-hydroxylation sites is 1. The smallest absolute Gasteiger partial charge is 0.226 e. The number of rotatable bonds is 8. The summed E-state index contributed by atoms with van der Waals surface area (Å²) in [5, 5.41) is 17.0.